The van der Waals surface area contributed by atoms with Gasteiger partial charge >= 0.3 is 0 Å². The summed E-state index contributed by atoms with van der Waals surface area (Å²) in [7, 11) is 0. The van der Waals surface area contributed by atoms with Crippen molar-refractivity contribution in [2.24, 2.45) is 5.73 Å². The maximum atomic E-state index is 6.31. The van der Waals surface area contributed by atoms with Gasteiger partial charge in [-0.25, -0.2) is 0 Å². The smallest absolute Gasteiger partial charge is 0.230 e. The molecular formula is C16H21N3O. The van der Waals surface area contributed by atoms with E-state index < -0.39 is 5.54 Å². The third kappa shape index (κ3) is 2.24. The molecule has 0 aliphatic heterocycles. The summed E-state index contributed by atoms with van der Waals surface area (Å²) < 4.78 is 5.45. The van der Waals surface area contributed by atoms with Crippen LogP contribution in [0.1, 0.15) is 62.2 Å². The predicted octanol–water partition coefficient (Wildman–Crippen LogP) is 3.31. The molecule has 1 aliphatic rings. The number of nitrogens with zero attached hydrogens (tertiary/aromatic N) is 2. The van der Waals surface area contributed by atoms with Gasteiger partial charge in [-0.1, -0.05) is 49.3 Å². The van der Waals surface area contributed by atoms with Crippen molar-refractivity contribution in [3.05, 3.63) is 47.6 Å². The van der Waals surface area contributed by atoms with E-state index in [9.17, 15) is 0 Å². The highest BCUT2D eigenvalue weighted by Gasteiger charge is 2.44. The Labute approximate surface area is 119 Å². The molecule has 1 saturated carbocycles. The van der Waals surface area contributed by atoms with Crippen molar-refractivity contribution >= 4 is 0 Å². The number of aromatic nitrogens is 2. The highest BCUT2D eigenvalue weighted by Crippen LogP contribution is 2.54. The molecule has 1 aliphatic carbocycles. The molecule has 4 heteroatoms. The molecule has 0 spiro atoms. The van der Waals surface area contributed by atoms with Crippen LogP contribution in [0.5, 0.6) is 0 Å². The molecule has 0 bridgehead atoms. The number of nitrogens with two attached hydrogens (primary N) is 1. The van der Waals surface area contributed by atoms with Crippen LogP contribution in [0.15, 0.2) is 34.9 Å². The first kappa shape index (κ1) is 13.3. The first-order valence-corrected chi connectivity index (χ1v) is 7.36. The molecule has 106 valence electrons. The first-order chi connectivity index (χ1) is 9.68. The molecule has 4 nitrogen and oxygen atoms in total. The molecule has 1 aromatic heterocycles. The van der Waals surface area contributed by atoms with Gasteiger partial charge in [0.25, 0.3) is 0 Å². The van der Waals surface area contributed by atoms with E-state index in [1.165, 1.54) is 5.56 Å². The molecule has 2 atom stereocenters. The van der Waals surface area contributed by atoms with Crippen molar-refractivity contribution in [3.8, 4) is 0 Å². The van der Waals surface area contributed by atoms with Crippen LogP contribution in [0.2, 0.25) is 0 Å². The molecule has 0 radical (unpaired) electrons. The average Bonchev–Trinajstić information content (AvgIpc) is 3.16. The summed E-state index contributed by atoms with van der Waals surface area (Å²) in [6, 6.07) is 10.5. The molecule has 0 amide bonds. The van der Waals surface area contributed by atoms with Crippen LogP contribution in [0.3, 0.4) is 0 Å². The van der Waals surface area contributed by atoms with E-state index in [1.54, 1.807) is 0 Å². The maximum absolute atomic E-state index is 6.31. The van der Waals surface area contributed by atoms with Crippen LogP contribution < -0.4 is 5.73 Å². The fraction of sp³-hybridized carbons (Fsp3) is 0.500. The van der Waals surface area contributed by atoms with Gasteiger partial charge in [0.2, 0.25) is 5.89 Å². The summed E-state index contributed by atoms with van der Waals surface area (Å²) in [5.41, 5.74) is 7.20. The Morgan fingerprint density at radius 1 is 1.20 bits per heavy atom. The minimum atomic E-state index is -0.459. The van der Waals surface area contributed by atoms with Crippen LogP contribution >= 0.6 is 0 Å². The lowest BCUT2D eigenvalue weighted by molar-refractivity contribution is 0.335. The van der Waals surface area contributed by atoms with Crippen molar-refractivity contribution < 1.29 is 4.52 Å². The standard InChI is InChI=1S/C16H21N3O/c1-3-16(17,4-2)15-18-14(20-19-15)13-10-12(13)11-8-6-5-7-9-11/h5-9,12-13H,3-4,10,17H2,1-2H3. The van der Waals surface area contributed by atoms with Gasteiger partial charge in [0.05, 0.1) is 5.54 Å². The van der Waals surface area contributed by atoms with Gasteiger partial charge in [-0.05, 0) is 30.7 Å². The fourth-order valence-electron chi connectivity index (χ4n) is 2.69. The Kier molecular flexibility index (Phi) is 3.34. The van der Waals surface area contributed by atoms with Gasteiger partial charge in [0, 0.05) is 5.92 Å². The van der Waals surface area contributed by atoms with E-state index in [2.05, 4.69) is 48.3 Å². The van der Waals surface area contributed by atoms with Crippen molar-refractivity contribution in [2.75, 3.05) is 0 Å². The maximum Gasteiger partial charge on any atom is 0.230 e. The quantitative estimate of drug-likeness (QED) is 0.906. The molecule has 2 aromatic rings. The summed E-state index contributed by atoms with van der Waals surface area (Å²) in [4.78, 5) is 4.56. The summed E-state index contributed by atoms with van der Waals surface area (Å²) in [6.45, 7) is 4.12. The molecule has 1 heterocycles. The molecule has 0 saturated heterocycles. The van der Waals surface area contributed by atoms with E-state index in [0.29, 0.717) is 17.7 Å². The highest BCUT2D eigenvalue weighted by atomic mass is 16.5. The normalized spacial score (nSPS) is 21.9. The van der Waals surface area contributed by atoms with E-state index in [-0.39, 0.29) is 0 Å². The highest BCUT2D eigenvalue weighted by molar-refractivity contribution is 5.30. The third-order valence-electron chi connectivity index (χ3n) is 4.48. The van der Waals surface area contributed by atoms with E-state index >= 15 is 0 Å². The first-order valence-electron chi connectivity index (χ1n) is 7.36. The number of rotatable bonds is 5. The molecule has 20 heavy (non-hydrogen) atoms. The van der Waals surface area contributed by atoms with Gasteiger partial charge in [-0.15, -0.1) is 0 Å². The van der Waals surface area contributed by atoms with Crippen LogP contribution in [0.25, 0.3) is 0 Å². The lowest BCUT2D eigenvalue weighted by Gasteiger charge is -2.21. The summed E-state index contributed by atoms with van der Waals surface area (Å²) in [5, 5.41) is 4.11. The van der Waals surface area contributed by atoms with Gasteiger partial charge < -0.3 is 10.3 Å². The molecule has 3 rings (SSSR count). The molecule has 2 N–H and O–H groups in total. The van der Waals surface area contributed by atoms with Gasteiger partial charge in [-0.3, -0.25) is 0 Å². The Morgan fingerprint density at radius 3 is 2.55 bits per heavy atom. The second-order valence-corrected chi connectivity index (χ2v) is 5.68. The van der Waals surface area contributed by atoms with Crippen LogP contribution in [-0.2, 0) is 5.54 Å². The molecule has 1 fully saturated rings. The zero-order chi connectivity index (χ0) is 14.2. The van der Waals surface area contributed by atoms with E-state index in [0.717, 1.165) is 25.2 Å². The zero-order valence-corrected chi connectivity index (χ0v) is 12.0. The van der Waals surface area contributed by atoms with Crippen LogP contribution in [-0.4, -0.2) is 10.1 Å². The molecule has 2 unspecified atom stereocenters. The Bertz CT molecular complexity index is 574. The Balaban J connectivity index is 1.77. The van der Waals surface area contributed by atoms with Gasteiger partial charge in [-0.2, -0.15) is 4.98 Å². The molecular weight excluding hydrogens is 250 g/mol. The molecule has 1 aromatic carbocycles. The summed E-state index contributed by atoms with van der Waals surface area (Å²) >= 11 is 0. The van der Waals surface area contributed by atoms with Gasteiger partial charge in [0.15, 0.2) is 5.82 Å². The topological polar surface area (TPSA) is 64.9 Å². The van der Waals surface area contributed by atoms with Crippen molar-refractivity contribution in [3.63, 3.8) is 0 Å². The summed E-state index contributed by atoms with van der Waals surface area (Å²) in [5.74, 6) is 2.26. The number of hydrogen-bond acceptors (Lipinski definition) is 4. The Hall–Kier alpha value is -1.68. The number of hydrogen-bond donors (Lipinski definition) is 1. The lowest BCUT2D eigenvalue weighted by atomic mass is 9.93. The fourth-order valence-corrected chi connectivity index (χ4v) is 2.69. The number of benzene rings is 1. The van der Waals surface area contributed by atoms with Crippen molar-refractivity contribution in [2.45, 2.75) is 50.5 Å². The monoisotopic (exact) mass is 271 g/mol. The largest absolute Gasteiger partial charge is 0.339 e. The third-order valence-corrected chi connectivity index (χ3v) is 4.48. The van der Waals surface area contributed by atoms with E-state index in [1.807, 2.05) is 6.07 Å². The summed E-state index contributed by atoms with van der Waals surface area (Å²) in [6.07, 6.45) is 2.71. The minimum Gasteiger partial charge on any atom is -0.339 e. The lowest BCUT2D eigenvalue weighted by Crippen LogP contribution is -2.36. The predicted molar refractivity (Wildman–Crippen MR) is 77.3 cm³/mol. The van der Waals surface area contributed by atoms with Crippen LogP contribution in [0.4, 0.5) is 0 Å². The second-order valence-electron chi connectivity index (χ2n) is 5.68. The SMILES string of the molecule is CCC(N)(CC)c1noc(C2CC2c2ccccc2)n1. The average molecular weight is 271 g/mol. The van der Waals surface area contributed by atoms with Crippen molar-refractivity contribution in [1.82, 2.24) is 10.1 Å². The van der Waals surface area contributed by atoms with E-state index in [4.69, 9.17) is 10.3 Å². The van der Waals surface area contributed by atoms with Crippen LogP contribution in [0, 0.1) is 0 Å². The minimum absolute atomic E-state index is 0.358. The van der Waals surface area contributed by atoms with Crippen molar-refractivity contribution in [1.29, 1.82) is 0 Å². The second kappa shape index (κ2) is 5.02. The zero-order valence-electron chi connectivity index (χ0n) is 12.0. The Morgan fingerprint density at radius 2 is 1.90 bits per heavy atom. The van der Waals surface area contributed by atoms with Gasteiger partial charge in [0.1, 0.15) is 0 Å².